The van der Waals surface area contributed by atoms with E-state index in [-0.39, 0.29) is 12.5 Å². The van der Waals surface area contributed by atoms with Crippen molar-refractivity contribution in [1.82, 2.24) is 9.97 Å². The van der Waals surface area contributed by atoms with Gasteiger partial charge in [-0.2, -0.15) is 4.98 Å². The monoisotopic (exact) mass is 413 g/mol. The van der Waals surface area contributed by atoms with E-state index in [1.54, 1.807) is 18.2 Å². The van der Waals surface area contributed by atoms with Gasteiger partial charge in [-0.15, -0.1) is 0 Å². The van der Waals surface area contributed by atoms with Gasteiger partial charge in [-0.25, -0.2) is 4.98 Å². The van der Waals surface area contributed by atoms with Gasteiger partial charge >= 0.3 is 0 Å². The largest absolute Gasteiger partial charge is 0.491 e. The summed E-state index contributed by atoms with van der Waals surface area (Å²) in [6, 6.07) is 5.26. The first-order valence-corrected chi connectivity index (χ1v) is 9.95. The zero-order valence-corrected chi connectivity index (χ0v) is 17.0. The molecule has 0 unspecified atom stereocenters. The molecule has 8 heteroatoms. The fraction of sp³-hybridized carbons (Fsp3) is 0.444. The molecule has 5 nitrogen and oxygen atoms in total. The van der Waals surface area contributed by atoms with Crippen LogP contribution in [0, 0.1) is 5.41 Å². The number of anilines is 1. The molecule has 0 radical (unpaired) electrons. The van der Waals surface area contributed by atoms with Gasteiger partial charge in [0.05, 0.1) is 16.7 Å². The van der Waals surface area contributed by atoms with E-state index in [0.29, 0.717) is 36.9 Å². The quantitative estimate of drug-likeness (QED) is 0.752. The molecule has 1 aromatic carbocycles. The Labute approximate surface area is 167 Å². The summed E-state index contributed by atoms with van der Waals surface area (Å²) in [7, 11) is 0. The molecule has 0 atom stereocenters. The number of aliphatic hydroxyl groups is 1. The first-order chi connectivity index (χ1) is 12.3. The third kappa shape index (κ3) is 4.19. The summed E-state index contributed by atoms with van der Waals surface area (Å²) in [6.45, 7) is 5.88. The van der Waals surface area contributed by atoms with Crippen molar-refractivity contribution < 1.29 is 10.2 Å². The highest BCUT2D eigenvalue weighted by Gasteiger charge is 2.28. The number of halogens is 2. The highest BCUT2D eigenvalue weighted by Crippen LogP contribution is 2.40. The third-order valence-electron chi connectivity index (χ3n) is 4.59. The molecule has 26 heavy (non-hydrogen) atoms. The molecule has 1 saturated heterocycles. The molecule has 0 saturated carbocycles. The Bertz CT molecular complexity index is 807. The fourth-order valence-corrected chi connectivity index (χ4v) is 4.17. The number of aromatic nitrogens is 2. The summed E-state index contributed by atoms with van der Waals surface area (Å²) >= 11 is 13.4. The summed E-state index contributed by atoms with van der Waals surface area (Å²) in [5.41, 5.74) is 0.743. The standard InChI is InChI=1S/C18H21Cl2N3O2S/c1-18(2)6-8-23(9-7-18)15-12(10-24)21-17(16(25)22-15)26-13-5-3-4-11(19)14(13)20/h3-5,24H,6-10H2,1-2H3,(H,22,25). The molecule has 0 spiro atoms. The van der Waals surface area contributed by atoms with Crippen molar-refractivity contribution in [2.24, 2.45) is 5.41 Å². The highest BCUT2D eigenvalue weighted by molar-refractivity contribution is 7.99. The van der Waals surface area contributed by atoms with Gasteiger partial charge < -0.3 is 15.1 Å². The maximum Gasteiger partial charge on any atom is 0.246 e. The van der Waals surface area contributed by atoms with Gasteiger partial charge in [-0.05, 0) is 30.4 Å². The molecule has 3 rings (SSSR count). The molecular weight excluding hydrogens is 393 g/mol. The smallest absolute Gasteiger partial charge is 0.246 e. The Balaban J connectivity index is 1.89. The maximum absolute atomic E-state index is 10.4. The van der Waals surface area contributed by atoms with Gasteiger partial charge in [-0.1, -0.05) is 54.9 Å². The second-order valence-electron chi connectivity index (χ2n) is 7.09. The van der Waals surface area contributed by atoms with Gasteiger partial charge in [0.1, 0.15) is 5.69 Å². The summed E-state index contributed by atoms with van der Waals surface area (Å²) in [5, 5.41) is 21.3. The SMILES string of the molecule is CC1(C)CCN(c2nc(O)c(Sc3cccc(Cl)c3Cl)nc2CO)CC1. The van der Waals surface area contributed by atoms with E-state index >= 15 is 0 Å². The second kappa shape index (κ2) is 7.80. The van der Waals surface area contributed by atoms with E-state index < -0.39 is 0 Å². The molecule has 1 aromatic heterocycles. The number of hydrogen-bond acceptors (Lipinski definition) is 6. The van der Waals surface area contributed by atoms with Crippen molar-refractivity contribution in [3.05, 3.63) is 33.9 Å². The van der Waals surface area contributed by atoms with Gasteiger partial charge in [0, 0.05) is 18.0 Å². The first-order valence-electron chi connectivity index (χ1n) is 8.38. The van der Waals surface area contributed by atoms with Crippen LogP contribution in [0.1, 0.15) is 32.4 Å². The maximum atomic E-state index is 10.4. The second-order valence-corrected chi connectivity index (χ2v) is 8.90. The Kier molecular flexibility index (Phi) is 5.87. The average Bonchev–Trinajstić information content (AvgIpc) is 2.60. The molecule has 1 aliphatic rings. The molecule has 2 N–H and O–H groups in total. The highest BCUT2D eigenvalue weighted by atomic mass is 35.5. The number of rotatable bonds is 4. The lowest BCUT2D eigenvalue weighted by molar-refractivity contribution is 0.266. The van der Waals surface area contributed by atoms with Crippen molar-refractivity contribution in [3.8, 4) is 5.88 Å². The van der Waals surface area contributed by atoms with Crippen LogP contribution in [0.15, 0.2) is 28.1 Å². The molecule has 1 fully saturated rings. The lowest BCUT2D eigenvalue weighted by Gasteiger charge is -2.38. The molecule has 0 bridgehead atoms. The Morgan fingerprint density at radius 1 is 1.19 bits per heavy atom. The summed E-state index contributed by atoms with van der Waals surface area (Å²) in [4.78, 5) is 11.5. The van der Waals surface area contributed by atoms with Crippen LogP contribution in [0.5, 0.6) is 5.88 Å². The molecule has 0 amide bonds. The van der Waals surface area contributed by atoms with Crippen LogP contribution in [-0.2, 0) is 6.61 Å². The van der Waals surface area contributed by atoms with E-state index in [0.717, 1.165) is 25.9 Å². The summed E-state index contributed by atoms with van der Waals surface area (Å²) < 4.78 is 0. The predicted octanol–water partition coefficient (Wildman–Crippen LogP) is 4.76. The molecule has 140 valence electrons. The normalized spacial score (nSPS) is 16.7. The third-order valence-corrected chi connectivity index (χ3v) is 6.55. The van der Waals surface area contributed by atoms with Crippen molar-refractivity contribution in [2.75, 3.05) is 18.0 Å². The van der Waals surface area contributed by atoms with Gasteiger partial charge in [0.15, 0.2) is 10.8 Å². The minimum atomic E-state index is -0.251. The zero-order valence-electron chi connectivity index (χ0n) is 14.7. The van der Waals surface area contributed by atoms with Crippen molar-refractivity contribution in [2.45, 2.75) is 43.2 Å². The predicted molar refractivity (Wildman–Crippen MR) is 105 cm³/mol. The Hall–Kier alpha value is -1.21. The minimum Gasteiger partial charge on any atom is -0.491 e. The average molecular weight is 414 g/mol. The topological polar surface area (TPSA) is 69.5 Å². The van der Waals surface area contributed by atoms with Crippen LogP contribution in [0.4, 0.5) is 5.82 Å². The van der Waals surface area contributed by atoms with Crippen molar-refractivity contribution in [3.63, 3.8) is 0 Å². The van der Waals surface area contributed by atoms with Gasteiger partial charge in [-0.3, -0.25) is 0 Å². The minimum absolute atomic E-state index is 0.178. The number of aliphatic hydroxyl groups excluding tert-OH is 1. The van der Waals surface area contributed by atoms with Crippen LogP contribution in [0.25, 0.3) is 0 Å². The summed E-state index contributed by atoms with van der Waals surface area (Å²) in [6.07, 6.45) is 2.05. The van der Waals surface area contributed by atoms with Crippen LogP contribution in [-0.4, -0.2) is 33.3 Å². The molecule has 0 aliphatic carbocycles. The van der Waals surface area contributed by atoms with Crippen LogP contribution < -0.4 is 4.90 Å². The van der Waals surface area contributed by atoms with E-state index in [9.17, 15) is 10.2 Å². The Morgan fingerprint density at radius 2 is 1.88 bits per heavy atom. The van der Waals surface area contributed by atoms with Crippen LogP contribution in [0.2, 0.25) is 10.0 Å². The van der Waals surface area contributed by atoms with Crippen molar-refractivity contribution in [1.29, 1.82) is 0 Å². The number of nitrogens with zero attached hydrogens (tertiary/aromatic N) is 3. The van der Waals surface area contributed by atoms with E-state index in [4.69, 9.17) is 23.2 Å². The van der Waals surface area contributed by atoms with Crippen LogP contribution in [0.3, 0.4) is 0 Å². The molecule has 1 aliphatic heterocycles. The molecular formula is C18H21Cl2N3O2S. The van der Waals surface area contributed by atoms with Gasteiger partial charge in [0.25, 0.3) is 0 Å². The lowest BCUT2D eigenvalue weighted by atomic mass is 9.83. The van der Waals surface area contributed by atoms with Crippen molar-refractivity contribution >= 4 is 40.8 Å². The lowest BCUT2D eigenvalue weighted by Crippen LogP contribution is -2.38. The Morgan fingerprint density at radius 3 is 2.54 bits per heavy atom. The summed E-state index contributed by atoms with van der Waals surface area (Å²) in [5.74, 6) is 0.366. The fourth-order valence-electron chi connectivity index (χ4n) is 2.85. The van der Waals surface area contributed by atoms with Gasteiger partial charge in [0.2, 0.25) is 5.88 Å². The number of aromatic hydroxyl groups is 1. The first kappa shape index (κ1) is 19.5. The van der Waals surface area contributed by atoms with Crippen LogP contribution >= 0.6 is 35.0 Å². The number of hydrogen-bond donors (Lipinski definition) is 2. The number of piperidine rings is 1. The molecule has 2 aromatic rings. The number of benzene rings is 1. The van der Waals surface area contributed by atoms with E-state index in [1.165, 1.54) is 11.8 Å². The van der Waals surface area contributed by atoms with E-state index in [1.807, 2.05) is 0 Å². The zero-order chi connectivity index (χ0) is 18.9. The van der Waals surface area contributed by atoms with E-state index in [2.05, 4.69) is 28.7 Å². The molecule has 2 heterocycles.